The molecule has 1 aliphatic heterocycles. The van der Waals surface area contributed by atoms with Gasteiger partial charge in [-0.05, 0) is 30.8 Å². The molecule has 0 unspecified atom stereocenters. The van der Waals surface area contributed by atoms with Gasteiger partial charge in [0, 0.05) is 32.7 Å². The van der Waals surface area contributed by atoms with E-state index >= 15 is 0 Å². The number of para-hydroxylation sites is 1. The molecule has 1 aliphatic rings. The summed E-state index contributed by atoms with van der Waals surface area (Å²) in [5, 5.41) is 5.18. The first-order valence-corrected chi connectivity index (χ1v) is 11.0. The fourth-order valence-corrected chi connectivity index (χ4v) is 3.96. The number of thiocarbonyl (C=S) groups is 1. The molecule has 1 aromatic carbocycles. The van der Waals surface area contributed by atoms with Crippen LogP contribution in [0.25, 0.3) is 0 Å². The molecule has 1 fully saturated rings. The molecule has 0 radical (unpaired) electrons. The van der Waals surface area contributed by atoms with Crippen molar-refractivity contribution in [1.29, 1.82) is 0 Å². The van der Waals surface area contributed by atoms with Gasteiger partial charge >= 0.3 is 0 Å². The van der Waals surface area contributed by atoms with Crippen molar-refractivity contribution in [1.82, 2.24) is 10.2 Å². The van der Waals surface area contributed by atoms with Crippen LogP contribution in [0, 0.1) is 0 Å². The molecule has 0 amide bonds. The van der Waals surface area contributed by atoms with Crippen LogP contribution in [0.5, 0.6) is 0 Å². The van der Waals surface area contributed by atoms with Crippen molar-refractivity contribution in [3.05, 3.63) is 29.3 Å². The number of rotatable bonds is 10. The molecule has 5 heteroatoms. The lowest BCUT2D eigenvalue weighted by Gasteiger charge is -2.37. The first-order valence-electron chi connectivity index (χ1n) is 10.2. The summed E-state index contributed by atoms with van der Waals surface area (Å²) in [5.74, 6) is 0. The van der Waals surface area contributed by atoms with Crippen molar-refractivity contribution in [2.75, 3.05) is 37.6 Å². The minimum Gasteiger partial charge on any atom is -0.367 e. The molecule has 146 valence electrons. The highest BCUT2D eigenvalue weighted by Gasteiger charge is 2.20. The first kappa shape index (κ1) is 21.3. The molecule has 0 bridgehead atoms. The molecule has 1 saturated heterocycles. The fraction of sp³-hybridized carbons (Fsp3) is 0.667. The summed E-state index contributed by atoms with van der Waals surface area (Å²) in [5.41, 5.74) is 1.13. The Morgan fingerprint density at radius 3 is 2.23 bits per heavy atom. The van der Waals surface area contributed by atoms with Gasteiger partial charge in [-0.2, -0.15) is 0 Å². The van der Waals surface area contributed by atoms with Crippen LogP contribution in [0.4, 0.5) is 5.69 Å². The van der Waals surface area contributed by atoms with Gasteiger partial charge in [-0.25, -0.2) is 0 Å². The van der Waals surface area contributed by atoms with E-state index in [0.29, 0.717) is 0 Å². The minimum absolute atomic E-state index is 0.830. The molecular weight excluding hydrogens is 362 g/mol. The number of unbranched alkanes of at least 4 members (excludes halogenated alkanes) is 7. The third-order valence-corrected chi connectivity index (χ3v) is 5.79. The van der Waals surface area contributed by atoms with Crippen molar-refractivity contribution < 1.29 is 0 Å². The van der Waals surface area contributed by atoms with Crippen molar-refractivity contribution >= 4 is 34.6 Å². The first-order chi connectivity index (χ1) is 12.7. The maximum absolute atomic E-state index is 6.31. The maximum Gasteiger partial charge on any atom is 0.169 e. The molecule has 2 rings (SSSR count). The van der Waals surface area contributed by atoms with E-state index in [1.54, 1.807) is 0 Å². The lowest BCUT2D eigenvalue weighted by Crippen LogP contribution is -2.52. The van der Waals surface area contributed by atoms with Gasteiger partial charge in [0.15, 0.2) is 5.11 Å². The normalized spacial score (nSPS) is 14.5. The van der Waals surface area contributed by atoms with Gasteiger partial charge in [-0.3, -0.25) is 0 Å². The van der Waals surface area contributed by atoms with E-state index in [2.05, 4.69) is 28.1 Å². The van der Waals surface area contributed by atoms with E-state index in [-0.39, 0.29) is 0 Å². The van der Waals surface area contributed by atoms with Crippen LogP contribution in [0.2, 0.25) is 5.02 Å². The SMILES string of the molecule is CCCCCCCCCCNC(=S)N1CCN(c2ccccc2Cl)CC1. The zero-order chi connectivity index (χ0) is 18.6. The second kappa shape index (κ2) is 12.4. The average Bonchev–Trinajstić information content (AvgIpc) is 2.67. The Balaban J connectivity index is 1.55. The minimum atomic E-state index is 0.830. The molecule has 1 aromatic rings. The number of nitrogens with zero attached hydrogens (tertiary/aromatic N) is 2. The van der Waals surface area contributed by atoms with Crippen LogP contribution in [0.3, 0.4) is 0 Å². The number of benzene rings is 1. The molecule has 0 aliphatic carbocycles. The standard InChI is InChI=1S/C21H34ClN3S/c1-2-3-4-5-6-7-8-11-14-23-21(26)25-17-15-24(16-18-25)20-13-10-9-12-19(20)22/h9-10,12-13H,2-8,11,14-18H2,1H3,(H,23,26). The third kappa shape index (κ3) is 7.32. The lowest BCUT2D eigenvalue weighted by atomic mass is 10.1. The van der Waals surface area contributed by atoms with Crippen molar-refractivity contribution in [2.24, 2.45) is 0 Å². The highest BCUT2D eigenvalue weighted by molar-refractivity contribution is 7.80. The van der Waals surface area contributed by atoms with Crippen LogP contribution in [-0.2, 0) is 0 Å². The zero-order valence-electron chi connectivity index (χ0n) is 16.2. The van der Waals surface area contributed by atoms with Crippen molar-refractivity contribution in [3.8, 4) is 0 Å². The summed E-state index contributed by atoms with van der Waals surface area (Å²) in [6, 6.07) is 8.08. The van der Waals surface area contributed by atoms with Crippen molar-refractivity contribution in [2.45, 2.75) is 58.3 Å². The van der Waals surface area contributed by atoms with E-state index < -0.39 is 0 Å². The molecule has 0 aromatic heterocycles. The van der Waals surface area contributed by atoms with Gasteiger partial charge in [-0.1, -0.05) is 75.6 Å². The number of halogens is 1. The van der Waals surface area contributed by atoms with Gasteiger partial charge in [0.1, 0.15) is 0 Å². The Hall–Kier alpha value is -1.00. The van der Waals surface area contributed by atoms with E-state index in [1.165, 1.54) is 51.4 Å². The Kier molecular flexibility index (Phi) is 10.2. The van der Waals surface area contributed by atoms with E-state index in [0.717, 1.165) is 48.5 Å². The largest absolute Gasteiger partial charge is 0.367 e. The summed E-state index contributed by atoms with van der Waals surface area (Å²) in [7, 11) is 0. The topological polar surface area (TPSA) is 18.5 Å². The molecule has 0 saturated carbocycles. The second-order valence-electron chi connectivity index (χ2n) is 7.13. The number of anilines is 1. The van der Waals surface area contributed by atoms with Gasteiger partial charge in [0.2, 0.25) is 0 Å². The Bertz CT molecular complexity index is 530. The fourth-order valence-electron chi connectivity index (χ4n) is 3.42. The summed E-state index contributed by atoms with van der Waals surface area (Å²) in [4.78, 5) is 4.63. The summed E-state index contributed by atoms with van der Waals surface area (Å²) < 4.78 is 0. The molecule has 3 nitrogen and oxygen atoms in total. The third-order valence-electron chi connectivity index (χ3n) is 5.07. The molecule has 26 heavy (non-hydrogen) atoms. The lowest BCUT2D eigenvalue weighted by molar-refractivity contribution is 0.379. The molecule has 0 spiro atoms. The molecule has 1 N–H and O–H groups in total. The number of hydrogen-bond acceptors (Lipinski definition) is 2. The summed E-state index contributed by atoms with van der Waals surface area (Å²) >= 11 is 11.9. The van der Waals surface area contributed by atoms with Gasteiger partial charge in [-0.15, -0.1) is 0 Å². The van der Waals surface area contributed by atoms with Crippen LogP contribution in [0.1, 0.15) is 58.3 Å². The predicted octanol–water partition coefficient (Wildman–Crippen LogP) is 5.48. The zero-order valence-corrected chi connectivity index (χ0v) is 17.8. The molecule has 1 heterocycles. The number of piperazine rings is 1. The van der Waals surface area contributed by atoms with Gasteiger partial charge in [0.05, 0.1) is 10.7 Å². The Morgan fingerprint density at radius 2 is 1.58 bits per heavy atom. The maximum atomic E-state index is 6.31. The van der Waals surface area contributed by atoms with Gasteiger partial charge in [0.25, 0.3) is 0 Å². The molecule has 0 atom stereocenters. The van der Waals surface area contributed by atoms with Crippen LogP contribution in [0.15, 0.2) is 24.3 Å². The van der Waals surface area contributed by atoms with Crippen LogP contribution < -0.4 is 10.2 Å². The predicted molar refractivity (Wildman–Crippen MR) is 118 cm³/mol. The number of nitrogens with one attached hydrogen (secondary N) is 1. The highest BCUT2D eigenvalue weighted by atomic mass is 35.5. The Morgan fingerprint density at radius 1 is 0.962 bits per heavy atom. The van der Waals surface area contributed by atoms with Crippen molar-refractivity contribution in [3.63, 3.8) is 0 Å². The summed E-state index contributed by atoms with van der Waals surface area (Å²) in [6.07, 6.45) is 10.8. The van der Waals surface area contributed by atoms with Crippen LogP contribution in [-0.4, -0.2) is 42.7 Å². The van der Waals surface area contributed by atoms with Crippen LogP contribution >= 0.6 is 23.8 Å². The smallest absolute Gasteiger partial charge is 0.169 e. The summed E-state index contributed by atoms with van der Waals surface area (Å²) in [6.45, 7) is 7.10. The average molecular weight is 396 g/mol. The second-order valence-corrected chi connectivity index (χ2v) is 7.93. The monoisotopic (exact) mass is 395 g/mol. The quantitative estimate of drug-likeness (QED) is 0.417. The Labute approximate surface area is 170 Å². The van der Waals surface area contributed by atoms with E-state index in [4.69, 9.17) is 23.8 Å². The molecular formula is C21H34ClN3S. The highest BCUT2D eigenvalue weighted by Crippen LogP contribution is 2.26. The van der Waals surface area contributed by atoms with E-state index in [9.17, 15) is 0 Å². The van der Waals surface area contributed by atoms with E-state index in [1.807, 2.05) is 18.2 Å². The number of hydrogen-bond donors (Lipinski definition) is 1. The van der Waals surface area contributed by atoms with Gasteiger partial charge < -0.3 is 15.1 Å².